The summed E-state index contributed by atoms with van der Waals surface area (Å²) in [4.78, 5) is 12.3. The van der Waals surface area contributed by atoms with Gasteiger partial charge in [0.1, 0.15) is 0 Å². The number of nitrogens with two attached hydrogens (primary N) is 1. The molecule has 0 aliphatic heterocycles. The molecule has 2 aromatic rings. The second-order valence-corrected chi connectivity index (χ2v) is 6.93. The van der Waals surface area contributed by atoms with Crippen molar-refractivity contribution in [3.63, 3.8) is 0 Å². The van der Waals surface area contributed by atoms with Gasteiger partial charge in [-0.1, -0.05) is 36.4 Å². The van der Waals surface area contributed by atoms with Crippen LogP contribution in [0.15, 0.2) is 53.4 Å². The topological polar surface area (TPSA) is 98.5 Å². The van der Waals surface area contributed by atoms with E-state index in [1.807, 2.05) is 30.3 Å². The lowest BCUT2D eigenvalue weighted by Gasteiger charge is -2.17. The zero-order valence-corrected chi connectivity index (χ0v) is 14.3. The van der Waals surface area contributed by atoms with Gasteiger partial charge >= 0.3 is 0 Å². The van der Waals surface area contributed by atoms with E-state index >= 15 is 0 Å². The van der Waals surface area contributed by atoms with E-state index in [2.05, 4.69) is 5.32 Å². The molecule has 0 heterocycles. The quantitative estimate of drug-likeness (QED) is 0.831. The summed E-state index contributed by atoms with van der Waals surface area (Å²) >= 11 is 0. The minimum atomic E-state index is -3.86. The summed E-state index contributed by atoms with van der Waals surface area (Å²) in [6.45, 7) is 1.99. The van der Waals surface area contributed by atoms with Crippen molar-refractivity contribution in [3.05, 3.63) is 65.2 Å². The first-order valence-corrected chi connectivity index (χ1v) is 8.87. The Kier molecular flexibility index (Phi) is 5.71. The average Bonchev–Trinajstić information content (AvgIpc) is 2.55. The van der Waals surface area contributed by atoms with Gasteiger partial charge in [0.15, 0.2) is 0 Å². The third kappa shape index (κ3) is 4.41. The maximum absolute atomic E-state index is 12.4. The highest BCUT2D eigenvalue weighted by atomic mass is 32.2. The number of sulfonamides is 1. The predicted octanol–water partition coefficient (Wildman–Crippen LogP) is 1.76. The first kappa shape index (κ1) is 18.1. The van der Waals surface area contributed by atoms with E-state index in [0.717, 1.165) is 5.56 Å². The van der Waals surface area contributed by atoms with Gasteiger partial charge in [-0.25, -0.2) is 13.6 Å². The van der Waals surface area contributed by atoms with Crippen LogP contribution in [0.2, 0.25) is 0 Å². The molecule has 0 saturated carbocycles. The number of benzene rings is 2. The molecule has 2 aromatic carbocycles. The second kappa shape index (κ2) is 7.57. The number of nitrogens with one attached hydrogen (secondary N) is 1. The fourth-order valence-corrected chi connectivity index (χ4v) is 2.85. The molecule has 2 rings (SSSR count). The van der Waals surface area contributed by atoms with Gasteiger partial charge in [0.25, 0.3) is 5.91 Å². The average molecular weight is 348 g/mol. The Hall–Kier alpha value is -2.22. The molecule has 1 amide bonds. The van der Waals surface area contributed by atoms with Gasteiger partial charge in [-0.05, 0) is 30.2 Å². The van der Waals surface area contributed by atoms with Crippen molar-refractivity contribution in [2.75, 3.05) is 13.7 Å². The Morgan fingerprint density at radius 2 is 1.88 bits per heavy atom. The summed E-state index contributed by atoms with van der Waals surface area (Å²) in [5, 5.41) is 7.88. The number of carbonyl (C=O) groups excluding carboxylic acids is 1. The van der Waals surface area contributed by atoms with Crippen LogP contribution >= 0.6 is 0 Å². The number of rotatable bonds is 6. The highest BCUT2D eigenvalue weighted by molar-refractivity contribution is 7.89. The van der Waals surface area contributed by atoms with E-state index < -0.39 is 10.0 Å². The van der Waals surface area contributed by atoms with E-state index in [0.29, 0.717) is 5.56 Å². The van der Waals surface area contributed by atoms with Crippen LogP contribution in [-0.4, -0.2) is 28.0 Å². The third-order valence-corrected chi connectivity index (χ3v) is 4.60. The summed E-state index contributed by atoms with van der Waals surface area (Å²) in [7, 11) is -2.29. The van der Waals surface area contributed by atoms with Crippen LogP contribution in [0.5, 0.6) is 0 Å². The van der Waals surface area contributed by atoms with Crippen molar-refractivity contribution in [1.29, 1.82) is 0 Å². The van der Waals surface area contributed by atoms with Crippen LogP contribution in [-0.2, 0) is 14.8 Å². The SMILES string of the molecule is CO[C@H](CNC(=O)c1cc(S(N)(=O)=O)ccc1C)c1ccccc1. The Bertz CT molecular complexity index is 820. The molecule has 3 N–H and O–H groups in total. The zero-order chi connectivity index (χ0) is 17.7. The second-order valence-electron chi connectivity index (χ2n) is 5.37. The predicted molar refractivity (Wildman–Crippen MR) is 91.1 cm³/mol. The van der Waals surface area contributed by atoms with E-state index in [1.165, 1.54) is 12.1 Å². The van der Waals surface area contributed by atoms with E-state index in [1.54, 1.807) is 20.1 Å². The Morgan fingerprint density at radius 1 is 1.21 bits per heavy atom. The molecular weight excluding hydrogens is 328 g/mol. The summed E-state index contributed by atoms with van der Waals surface area (Å²) in [6, 6.07) is 13.7. The lowest BCUT2D eigenvalue weighted by Crippen LogP contribution is -2.30. The van der Waals surface area contributed by atoms with Gasteiger partial charge in [0, 0.05) is 19.2 Å². The van der Waals surface area contributed by atoms with Crippen LogP contribution in [0.25, 0.3) is 0 Å². The van der Waals surface area contributed by atoms with E-state index in [9.17, 15) is 13.2 Å². The molecule has 0 saturated heterocycles. The third-order valence-electron chi connectivity index (χ3n) is 3.69. The summed E-state index contributed by atoms with van der Waals surface area (Å²) < 4.78 is 28.3. The highest BCUT2D eigenvalue weighted by Crippen LogP contribution is 2.17. The molecule has 0 radical (unpaired) electrons. The smallest absolute Gasteiger partial charge is 0.251 e. The number of primary sulfonamides is 1. The number of amides is 1. The number of aryl methyl sites for hydroxylation is 1. The van der Waals surface area contributed by atoms with Crippen LogP contribution in [0, 0.1) is 6.92 Å². The minimum absolute atomic E-state index is 0.0930. The standard InChI is InChI=1S/C17H20N2O4S/c1-12-8-9-14(24(18,21)22)10-15(12)17(20)19-11-16(23-2)13-6-4-3-5-7-13/h3-10,16H,11H2,1-2H3,(H,19,20)(H2,18,21,22)/t16-/m1/s1. The molecular formula is C17H20N2O4S. The number of hydrogen-bond donors (Lipinski definition) is 2. The molecule has 24 heavy (non-hydrogen) atoms. The molecule has 0 spiro atoms. The normalized spacial score (nSPS) is 12.6. The maximum atomic E-state index is 12.4. The Morgan fingerprint density at radius 3 is 2.46 bits per heavy atom. The first-order chi connectivity index (χ1) is 11.3. The van der Waals surface area contributed by atoms with Gasteiger partial charge in [0.2, 0.25) is 10.0 Å². The maximum Gasteiger partial charge on any atom is 0.251 e. The monoisotopic (exact) mass is 348 g/mol. The van der Waals surface area contributed by atoms with Gasteiger partial charge in [-0.15, -0.1) is 0 Å². The van der Waals surface area contributed by atoms with E-state index in [4.69, 9.17) is 9.88 Å². The van der Waals surface area contributed by atoms with Crippen LogP contribution in [0.1, 0.15) is 27.6 Å². The fraction of sp³-hybridized carbons (Fsp3) is 0.235. The molecule has 7 heteroatoms. The molecule has 0 aromatic heterocycles. The van der Waals surface area contributed by atoms with Gasteiger partial charge in [-0.2, -0.15) is 0 Å². The molecule has 1 atom stereocenters. The Labute approximate surface area is 141 Å². The summed E-state index contributed by atoms with van der Waals surface area (Å²) in [5.74, 6) is -0.379. The molecule has 6 nitrogen and oxygen atoms in total. The highest BCUT2D eigenvalue weighted by Gasteiger charge is 2.17. The molecule has 128 valence electrons. The number of methoxy groups -OCH3 is 1. The minimum Gasteiger partial charge on any atom is -0.375 e. The van der Waals surface area contributed by atoms with Gasteiger partial charge in [-0.3, -0.25) is 4.79 Å². The zero-order valence-electron chi connectivity index (χ0n) is 13.5. The Balaban J connectivity index is 2.15. The number of ether oxygens (including phenoxy) is 1. The molecule has 0 unspecified atom stereocenters. The van der Waals surface area contributed by atoms with Crippen molar-refractivity contribution in [1.82, 2.24) is 5.32 Å². The number of hydrogen-bond acceptors (Lipinski definition) is 4. The van der Waals surface area contributed by atoms with Gasteiger partial charge in [0.05, 0.1) is 11.0 Å². The van der Waals surface area contributed by atoms with Crippen molar-refractivity contribution < 1.29 is 17.9 Å². The fourth-order valence-electron chi connectivity index (χ4n) is 2.31. The molecule has 0 aliphatic rings. The van der Waals surface area contributed by atoms with Crippen LogP contribution in [0.4, 0.5) is 0 Å². The lowest BCUT2D eigenvalue weighted by atomic mass is 10.1. The van der Waals surface area contributed by atoms with Crippen LogP contribution < -0.4 is 10.5 Å². The van der Waals surface area contributed by atoms with Crippen molar-refractivity contribution in [2.45, 2.75) is 17.9 Å². The van der Waals surface area contributed by atoms with Gasteiger partial charge < -0.3 is 10.1 Å². The van der Waals surface area contributed by atoms with Crippen LogP contribution in [0.3, 0.4) is 0 Å². The van der Waals surface area contributed by atoms with Crippen molar-refractivity contribution in [2.24, 2.45) is 5.14 Å². The lowest BCUT2D eigenvalue weighted by molar-refractivity contribution is 0.0827. The summed E-state index contributed by atoms with van der Waals surface area (Å²) in [6.07, 6.45) is -0.295. The molecule has 0 aliphatic carbocycles. The number of carbonyl (C=O) groups is 1. The molecule has 0 fully saturated rings. The van der Waals surface area contributed by atoms with E-state index in [-0.39, 0.29) is 29.0 Å². The van der Waals surface area contributed by atoms with Crippen molar-refractivity contribution >= 4 is 15.9 Å². The van der Waals surface area contributed by atoms with Crippen molar-refractivity contribution in [3.8, 4) is 0 Å². The summed E-state index contributed by atoms with van der Waals surface area (Å²) in [5.41, 5.74) is 1.87. The molecule has 0 bridgehead atoms. The largest absolute Gasteiger partial charge is 0.375 e. The first-order valence-electron chi connectivity index (χ1n) is 7.32.